The van der Waals surface area contributed by atoms with Crippen molar-refractivity contribution in [3.05, 3.63) is 48.0 Å². The molecule has 3 rings (SSSR count). The Kier molecular flexibility index (Phi) is 6.95. The summed E-state index contributed by atoms with van der Waals surface area (Å²) < 4.78 is 20.2. The fraction of sp³-hybridized carbons (Fsp3) is 0.500. The second-order valence-corrected chi connectivity index (χ2v) is 6.75. The molecule has 0 radical (unpaired) electrons. The van der Waals surface area contributed by atoms with E-state index in [4.69, 9.17) is 4.74 Å². The number of aromatic nitrogens is 2. The zero-order valence-electron chi connectivity index (χ0n) is 15.7. The standard InChI is InChI=1S/C20H27FN4O2/c1-2-3-11-24-13-14-27-15-19(24)20(26)22-10-8-17-9-12-25(23-17)18-6-4-16(21)5-7-18/h4-7,9,12,19H,2-3,8,10-11,13-15H2,1H3,(H,22,26). The number of amides is 1. The van der Waals surface area contributed by atoms with Gasteiger partial charge >= 0.3 is 0 Å². The largest absolute Gasteiger partial charge is 0.378 e. The molecular formula is C20H27FN4O2. The second kappa shape index (κ2) is 9.62. The second-order valence-electron chi connectivity index (χ2n) is 6.75. The lowest BCUT2D eigenvalue weighted by Gasteiger charge is -2.34. The van der Waals surface area contributed by atoms with E-state index in [0.717, 1.165) is 37.3 Å². The number of carbonyl (C=O) groups is 1. The predicted molar refractivity (Wildman–Crippen MR) is 101 cm³/mol. The molecule has 1 saturated heterocycles. The number of hydrogen-bond donors (Lipinski definition) is 1. The number of benzene rings is 1. The highest BCUT2D eigenvalue weighted by atomic mass is 19.1. The van der Waals surface area contributed by atoms with Gasteiger partial charge in [-0.15, -0.1) is 0 Å². The van der Waals surface area contributed by atoms with Crippen molar-refractivity contribution in [2.24, 2.45) is 0 Å². The Balaban J connectivity index is 1.49. The molecule has 2 heterocycles. The van der Waals surface area contributed by atoms with E-state index in [9.17, 15) is 9.18 Å². The number of rotatable bonds is 8. The van der Waals surface area contributed by atoms with Gasteiger partial charge < -0.3 is 10.1 Å². The highest BCUT2D eigenvalue weighted by Crippen LogP contribution is 2.10. The number of nitrogens with zero attached hydrogens (tertiary/aromatic N) is 3. The maximum Gasteiger partial charge on any atom is 0.239 e. The zero-order valence-corrected chi connectivity index (χ0v) is 15.7. The summed E-state index contributed by atoms with van der Waals surface area (Å²) in [5, 5.41) is 7.49. The van der Waals surface area contributed by atoms with Crippen LogP contribution in [0.4, 0.5) is 4.39 Å². The Bertz CT molecular complexity index is 732. The molecule has 1 aliphatic rings. The maximum atomic E-state index is 13.0. The quantitative estimate of drug-likeness (QED) is 0.769. The first-order chi connectivity index (χ1) is 13.2. The summed E-state index contributed by atoms with van der Waals surface area (Å²) in [7, 11) is 0. The van der Waals surface area contributed by atoms with Gasteiger partial charge in [0.25, 0.3) is 0 Å². The van der Waals surface area contributed by atoms with E-state index < -0.39 is 0 Å². The van der Waals surface area contributed by atoms with Gasteiger partial charge in [-0.1, -0.05) is 13.3 Å². The number of unbranched alkanes of at least 4 members (excludes halogenated alkanes) is 1. The Morgan fingerprint density at radius 1 is 1.33 bits per heavy atom. The van der Waals surface area contributed by atoms with E-state index in [1.807, 2.05) is 12.3 Å². The highest BCUT2D eigenvalue weighted by Gasteiger charge is 2.28. The molecule has 146 valence electrons. The molecule has 0 saturated carbocycles. The van der Waals surface area contributed by atoms with E-state index in [1.54, 1.807) is 16.8 Å². The fourth-order valence-electron chi connectivity index (χ4n) is 3.17. The van der Waals surface area contributed by atoms with Crippen LogP contribution >= 0.6 is 0 Å². The lowest BCUT2D eigenvalue weighted by Crippen LogP contribution is -2.54. The van der Waals surface area contributed by atoms with Crippen LogP contribution in [0.3, 0.4) is 0 Å². The smallest absolute Gasteiger partial charge is 0.239 e. The van der Waals surface area contributed by atoms with Crippen LogP contribution < -0.4 is 5.32 Å². The molecule has 1 atom stereocenters. The van der Waals surface area contributed by atoms with Crippen molar-refractivity contribution in [1.29, 1.82) is 0 Å². The average molecular weight is 374 g/mol. The third kappa shape index (κ3) is 5.37. The Labute approximate surface area is 159 Å². The van der Waals surface area contributed by atoms with Gasteiger partial charge in [0.2, 0.25) is 5.91 Å². The Morgan fingerprint density at radius 2 is 2.15 bits per heavy atom. The minimum atomic E-state index is -0.270. The molecule has 1 aromatic carbocycles. The van der Waals surface area contributed by atoms with E-state index in [-0.39, 0.29) is 17.8 Å². The van der Waals surface area contributed by atoms with Crippen LogP contribution in [0.2, 0.25) is 0 Å². The van der Waals surface area contributed by atoms with Crippen molar-refractivity contribution >= 4 is 5.91 Å². The summed E-state index contributed by atoms with van der Waals surface area (Å²) in [6.45, 7) is 5.56. The first-order valence-corrected chi connectivity index (χ1v) is 9.57. The molecule has 7 heteroatoms. The van der Waals surface area contributed by atoms with Gasteiger partial charge in [0, 0.05) is 25.7 Å². The first kappa shape index (κ1) is 19.5. The molecule has 1 unspecified atom stereocenters. The molecular weight excluding hydrogens is 347 g/mol. The minimum Gasteiger partial charge on any atom is -0.378 e. The molecule has 0 spiro atoms. The van der Waals surface area contributed by atoms with Crippen LogP contribution in [0.5, 0.6) is 0 Å². The van der Waals surface area contributed by atoms with Crippen LogP contribution in [0.25, 0.3) is 5.69 Å². The highest BCUT2D eigenvalue weighted by molar-refractivity contribution is 5.82. The molecule has 1 amide bonds. The average Bonchev–Trinajstić information content (AvgIpc) is 3.16. The fourth-order valence-corrected chi connectivity index (χ4v) is 3.17. The zero-order chi connectivity index (χ0) is 19.1. The van der Waals surface area contributed by atoms with Crippen LogP contribution in [0.1, 0.15) is 25.5 Å². The van der Waals surface area contributed by atoms with E-state index in [2.05, 4.69) is 22.2 Å². The number of carbonyl (C=O) groups excluding carboxylic acids is 1. The monoisotopic (exact) mass is 374 g/mol. The summed E-state index contributed by atoms with van der Waals surface area (Å²) >= 11 is 0. The third-order valence-electron chi connectivity index (χ3n) is 4.76. The molecule has 2 aromatic rings. The summed E-state index contributed by atoms with van der Waals surface area (Å²) in [6.07, 6.45) is 4.68. The predicted octanol–water partition coefficient (Wildman–Crippen LogP) is 2.17. The van der Waals surface area contributed by atoms with Crippen LogP contribution in [0, 0.1) is 5.82 Å². The number of morpholine rings is 1. The summed E-state index contributed by atoms with van der Waals surface area (Å²) in [5.74, 6) is -0.253. The summed E-state index contributed by atoms with van der Waals surface area (Å²) in [4.78, 5) is 14.7. The van der Waals surface area contributed by atoms with Crippen molar-refractivity contribution in [2.45, 2.75) is 32.2 Å². The van der Waals surface area contributed by atoms with E-state index >= 15 is 0 Å². The summed E-state index contributed by atoms with van der Waals surface area (Å²) in [5.41, 5.74) is 1.68. The SMILES string of the molecule is CCCCN1CCOCC1C(=O)NCCc1ccn(-c2ccc(F)cc2)n1. The van der Waals surface area contributed by atoms with Crippen molar-refractivity contribution in [1.82, 2.24) is 20.0 Å². The topological polar surface area (TPSA) is 59.4 Å². The van der Waals surface area contributed by atoms with Crippen molar-refractivity contribution in [3.63, 3.8) is 0 Å². The molecule has 27 heavy (non-hydrogen) atoms. The number of halogens is 1. The molecule has 1 N–H and O–H groups in total. The Morgan fingerprint density at radius 3 is 2.93 bits per heavy atom. The molecule has 1 fully saturated rings. The molecule has 1 aliphatic heterocycles. The van der Waals surface area contributed by atoms with Gasteiger partial charge in [-0.25, -0.2) is 9.07 Å². The lowest BCUT2D eigenvalue weighted by atomic mass is 10.2. The number of hydrogen-bond acceptors (Lipinski definition) is 4. The number of ether oxygens (including phenoxy) is 1. The minimum absolute atomic E-state index is 0.0174. The van der Waals surface area contributed by atoms with Gasteiger partial charge in [0.05, 0.1) is 24.6 Å². The van der Waals surface area contributed by atoms with Crippen molar-refractivity contribution in [3.8, 4) is 5.69 Å². The van der Waals surface area contributed by atoms with E-state index in [0.29, 0.717) is 26.2 Å². The van der Waals surface area contributed by atoms with E-state index in [1.165, 1.54) is 12.1 Å². The van der Waals surface area contributed by atoms with Gasteiger partial charge in [-0.2, -0.15) is 5.10 Å². The molecule has 0 aliphatic carbocycles. The van der Waals surface area contributed by atoms with Gasteiger partial charge in [0.15, 0.2) is 0 Å². The summed E-state index contributed by atoms with van der Waals surface area (Å²) in [6, 6.07) is 7.89. The molecule has 1 aromatic heterocycles. The van der Waals surface area contributed by atoms with Crippen molar-refractivity contribution in [2.75, 3.05) is 32.8 Å². The molecule has 0 bridgehead atoms. The number of nitrogens with one attached hydrogen (secondary N) is 1. The van der Waals surface area contributed by atoms with Crippen LogP contribution in [-0.4, -0.2) is 59.5 Å². The van der Waals surface area contributed by atoms with Gasteiger partial charge in [0.1, 0.15) is 11.9 Å². The van der Waals surface area contributed by atoms with Gasteiger partial charge in [-0.05, 0) is 43.3 Å². The Hall–Kier alpha value is -2.25. The van der Waals surface area contributed by atoms with Crippen molar-refractivity contribution < 1.29 is 13.9 Å². The molecule has 6 nitrogen and oxygen atoms in total. The lowest BCUT2D eigenvalue weighted by molar-refractivity contribution is -0.132. The van der Waals surface area contributed by atoms with Crippen LogP contribution in [-0.2, 0) is 16.0 Å². The maximum absolute atomic E-state index is 13.0. The van der Waals surface area contributed by atoms with Crippen LogP contribution in [0.15, 0.2) is 36.5 Å². The normalized spacial score (nSPS) is 17.8. The third-order valence-corrected chi connectivity index (χ3v) is 4.76. The first-order valence-electron chi connectivity index (χ1n) is 9.57. The van der Waals surface area contributed by atoms with Gasteiger partial charge in [-0.3, -0.25) is 9.69 Å².